The topological polar surface area (TPSA) is 67.6 Å². The van der Waals surface area contributed by atoms with Gasteiger partial charge in [0.1, 0.15) is 0 Å². The lowest BCUT2D eigenvalue weighted by molar-refractivity contribution is 0.684. The molecule has 4 rings (SSSR count). The van der Waals surface area contributed by atoms with E-state index >= 15 is 0 Å². The van der Waals surface area contributed by atoms with E-state index in [-0.39, 0.29) is 6.04 Å². The summed E-state index contributed by atoms with van der Waals surface area (Å²) in [5.74, 6) is 0. The van der Waals surface area contributed by atoms with Crippen molar-refractivity contribution in [2.24, 2.45) is 5.73 Å². The van der Waals surface area contributed by atoms with Gasteiger partial charge in [0.25, 0.3) is 0 Å². The predicted octanol–water partition coefficient (Wildman–Crippen LogP) is 2.44. The zero-order chi connectivity index (χ0) is 14.4. The van der Waals surface area contributed by atoms with Crippen LogP contribution >= 0.6 is 11.5 Å². The number of fused-ring (bicyclic) bond motifs is 3. The SMILES string of the molecule is N#Cc1ccc2c(c1)c1c(n2Cc2ccsn2)CC(N)C1. The van der Waals surface area contributed by atoms with E-state index in [9.17, 15) is 0 Å². The molecule has 4 nitrogen and oxygen atoms in total. The van der Waals surface area contributed by atoms with Gasteiger partial charge in [0.2, 0.25) is 0 Å². The Balaban J connectivity index is 1.93. The van der Waals surface area contributed by atoms with Gasteiger partial charge < -0.3 is 10.3 Å². The van der Waals surface area contributed by atoms with E-state index in [0.717, 1.165) is 25.1 Å². The second-order valence-electron chi connectivity index (χ2n) is 5.51. The number of nitrogens with two attached hydrogens (primary N) is 1. The van der Waals surface area contributed by atoms with E-state index in [0.29, 0.717) is 5.56 Å². The van der Waals surface area contributed by atoms with E-state index < -0.39 is 0 Å². The van der Waals surface area contributed by atoms with Gasteiger partial charge in [-0.3, -0.25) is 0 Å². The number of nitrogens with zero attached hydrogens (tertiary/aromatic N) is 3. The maximum atomic E-state index is 9.12. The molecule has 0 saturated heterocycles. The quantitative estimate of drug-likeness (QED) is 0.789. The first-order valence-corrected chi connectivity index (χ1v) is 7.79. The van der Waals surface area contributed by atoms with Crippen molar-refractivity contribution in [1.82, 2.24) is 8.94 Å². The minimum Gasteiger partial charge on any atom is -0.338 e. The van der Waals surface area contributed by atoms with Crippen molar-refractivity contribution in [3.05, 3.63) is 52.2 Å². The maximum Gasteiger partial charge on any atom is 0.0991 e. The molecule has 1 aromatic carbocycles. The average molecular weight is 294 g/mol. The third-order valence-corrected chi connectivity index (χ3v) is 4.75. The predicted molar refractivity (Wildman–Crippen MR) is 83.3 cm³/mol. The fourth-order valence-electron chi connectivity index (χ4n) is 3.25. The minimum absolute atomic E-state index is 0.187. The molecule has 1 atom stereocenters. The molecule has 104 valence electrons. The van der Waals surface area contributed by atoms with E-state index in [1.807, 2.05) is 23.6 Å². The van der Waals surface area contributed by atoms with Crippen molar-refractivity contribution in [2.45, 2.75) is 25.4 Å². The molecule has 0 bridgehead atoms. The van der Waals surface area contributed by atoms with E-state index in [1.54, 1.807) is 0 Å². The van der Waals surface area contributed by atoms with Crippen molar-refractivity contribution in [3.8, 4) is 6.07 Å². The Hall–Kier alpha value is -2.16. The summed E-state index contributed by atoms with van der Waals surface area (Å²) in [5, 5.41) is 12.3. The molecule has 0 radical (unpaired) electrons. The molecule has 3 aromatic rings. The molecular weight excluding hydrogens is 280 g/mol. The van der Waals surface area contributed by atoms with Crippen LogP contribution in [0.3, 0.4) is 0 Å². The summed E-state index contributed by atoms with van der Waals surface area (Å²) in [6.07, 6.45) is 1.79. The molecular formula is C16H14N4S. The lowest BCUT2D eigenvalue weighted by atomic mass is 10.1. The summed E-state index contributed by atoms with van der Waals surface area (Å²) in [5.41, 5.74) is 11.7. The lowest BCUT2D eigenvalue weighted by Gasteiger charge is -2.09. The van der Waals surface area contributed by atoms with Crippen LogP contribution in [0.2, 0.25) is 0 Å². The zero-order valence-corrected chi connectivity index (χ0v) is 12.2. The molecule has 21 heavy (non-hydrogen) atoms. The molecule has 2 N–H and O–H groups in total. The summed E-state index contributed by atoms with van der Waals surface area (Å²) in [6.45, 7) is 0.772. The van der Waals surface area contributed by atoms with E-state index in [2.05, 4.69) is 21.1 Å². The van der Waals surface area contributed by atoms with Crippen molar-refractivity contribution in [1.29, 1.82) is 5.26 Å². The highest BCUT2D eigenvalue weighted by atomic mass is 32.1. The van der Waals surface area contributed by atoms with Crippen LogP contribution in [0.15, 0.2) is 29.6 Å². The van der Waals surface area contributed by atoms with Gasteiger partial charge in [-0.2, -0.15) is 9.64 Å². The van der Waals surface area contributed by atoms with Gasteiger partial charge >= 0.3 is 0 Å². The first-order chi connectivity index (χ1) is 10.3. The molecule has 0 fully saturated rings. The number of hydrogen-bond acceptors (Lipinski definition) is 4. The highest BCUT2D eigenvalue weighted by Gasteiger charge is 2.26. The summed E-state index contributed by atoms with van der Waals surface area (Å²) in [6, 6.07) is 10.4. The monoisotopic (exact) mass is 294 g/mol. The van der Waals surface area contributed by atoms with Gasteiger partial charge in [0.15, 0.2) is 0 Å². The first-order valence-electron chi connectivity index (χ1n) is 6.95. The summed E-state index contributed by atoms with van der Waals surface area (Å²) in [4.78, 5) is 0. The summed E-state index contributed by atoms with van der Waals surface area (Å²) < 4.78 is 6.73. The summed E-state index contributed by atoms with van der Waals surface area (Å²) in [7, 11) is 0. The Labute approximate surface area is 126 Å². The molecule has 0 amide bonds. The normalized spacial score (nSPS) is 17.0. The maximum absolute atomic E-state index is 9.12. The fourth-order valence-corrected chi connectivity index (χ4v) is 3.78. The number of nitriles is 1. The number of benzene rings is 1. The molecule has 2 aromatic heterocycles. The minimum atomic E-state index is 0.187. The van der Waals surface area contributed by atoms with Crippen LogP contribution in [0.5, 0.6) is 0 Å². The number of aromatic nitrogens is 2. The third kappa shape index (κ3) is 1.96. The van der Waals surface area contributed by atoms with Crippen molar-refractivity contribution >= 4 is 22.4 Å². The highest BCUT2D eigenvalue weighted by Crippen LogP contribution is 2.33. The van der Waals surface area contributed by atoms with Crippen LogP contribution in [0.25, 0.3) is 10.9 Å². The van der Waals surface area contributed by atoms with Gasteiger partial charge in [-0.15, -0.1) is 0 Å². The van der Waals surface area contributed by atoms with E-state index in [1.165, 1.54) is 33.7 Å². The molecule has 1 unspecified atom stereocenters. The van der Waals surface area contributed by atoms with Gasteiger partial charge in [-0.25, -0.2) is 0 Å². The van der Waals surface area contributed by atoms with Crippen LogP contribution in [0.1, 0.15) is 22.5 Å². The number of rotatable bonds is 2. The Bertz CT molecular complexity index is 855. The van der Waals surface area contributed by atoms with Gasteiger partial charge in [-0.1, -0.05) is 0 Å². The Morgan fingerprint density at radius 2 is 2.29 bits per heavy atom. The van der Waals surface area contributed by atoms with Crippen LogP contribution < -0.4 is 5.73 Å². The van der Waals surface area contributed by atoms with Crippen molar-refractivity contribution < 1.29 is 0 Å². The molecule has 1 aliphatic carbocycles. The summed E-state index contributed by atoms with van der Waals surface area (Å²) >= 11 is 1.48. The van der Waals surface area contributed by atoms with Gasteiger partial charge in [0, 0.05) is 34.4 Å². The second-order valence-corrected chi connectivity index (χ2v) is 6.18. The van der Waals surface area contributed by atoms with Crippen LogP contribution in [0.4, 0.5) is 0 Å². The Morgan fingerprint density at radius 3 is 3.05 bits per heavy atom. The highest BCUT2D eigenvalue weighted by molar-refractivity contribution is 7.03. The van der Waals surface area contributed by atoms with Crippen molar-refractivity contribution in [2.75, 3.05) is 0 Å². The Morgan fingerprint density at radius 1 is 1.38 bits per heavy atom. The number of hydrogen-bond donors (Lipinski definition) is 1. The second kappa shape index (κ2) is 4.69. The molecule has 0 aliphatic heterocycles. The van der Waals surface area contributed by atoms with Crippen molar-refractivity contribution in [3.63, 3.8) is 0 Å². The van der Waals surface area contributed by atoms with Crippen LogP contribution in [-0.4, -0.2) is 15.0 Å². The fraction of sp³-hybridized carbons (Fsp3) is 0.250. The first kappa shape index (κ1) is 12.6. The molecule has 5 heteroatoms. The van der Waals surface area contributed by atoms with E-state index in [4.69, 9.17) is 11.0 Å². The molecule has 1 aliphatic rings. The standard InChI is InChI=1S/C16H14N4S/c17-8-10-1-2-15-13(5-10)14-6-11(18)7-16(14)20(15)9-12-3-4-21-19-12/h1-5,11H,6-7,9,18H2. The zero-order valence-electron chi connectivity index (χ0n) is 11.4. The average Bonchev–Trinajstić information content (AvgIpc) is 3.18. The van der Waals surface area contributed by atoms with Gasteiger partial charge in [-0.05, 0) is 47.8 Å². The van der Waals surface area contributed by atoms with Crippen LogP contribution in [-0.2, 0) is 19.4 Å². The molecule has 0 saturated carbocycles. The van der Waals surface area contributed by atoms with Crippen LogP contribution in [0, 0.1) is 11.3 Å². The lowest BCUT2D eigenvalue weighted by Crippen LogP contribution is -2.20. The smallest absolute Gasteiger partial charge is 0.0991 e. The Kier molecular flexibility index (Phi) is 2.81. The van der Waals surface area contributed by atoms with Gasteiger partial charge in [0.05, 0.1) is 23.9 Å². The molecule has 2 heterocycles. The largest absolute Gasteiger partial charge is 0.338 e. The third-order valence-electron chi connectivity index (χ3n) is 4.15. The molecule has 0 spiro atoms.